The van der Waals surface area contributed by atoms with E-state index in [9.17, 15) is 0 Å². The van der Waals surface area contributed by atoms with E-state index in [2.05, 4.69) is 0 Å². The van der Waals surface area contributed by atoms with E-state index in [0.29, 0.717) is 25.6 Å². The summed E-state index contributed by atoms with van der Waals surface area (Å²) in [5, 5.41) is 8.68. The van der Waals surface area contributed by atoms with Crippen LogP contribution in [0.5, 0.6) is 5.75 Å². The lowest BCUT2D eigenvalue weighted by Gasteiger charge is -2.28. The lowest BCUT2D eigenvalue weighted by Crippen LogP contribution is -2.46. The molecular formula is C16H25NO4Si. The number of hydrogen-bond donors (Lipinski definition) is 0. The molecule has 5 nitrogen and oxygen atoms in total. The van der Waals surface area contributed by atoms with Crippen molar-refractivity contribution >= 4 is 8.80 Å². The zero-order valence-electron chi connectivity index (χ0n) is 13.6. The molecule has 0 aliphatic rings. The first kappa shape index (κ1) is 18.7. The number of nitriles is 1. The number of rotatable bonds is 11. The standard InChI is InChI=1S/C16H25NO4Si/c1-4-19-22(20-5-2,21-6-3)13-9-11-15-10-7-8-12-16(15)18-14-17/h7-8,10,12H,4-6,9,11,13H2,1-3H3. The first-order valence-corrected chi connectivity index (χ1v) is 9.70. The van der Waals surface area contributed by atoms with Crippen LogP contribution in [0.15, 0.2) is 24.3 Å². The Bertz CT molecular complexity index is 458. The van der Waals surface area contributed by atoms with E-state index in [1.54, 1.807) is 12.3 Å². The maximum Gasteiger partial charge on any atom is 0.500 e. The van der Waals surface area contributed by atoms with Crippen molar-refractivity contribution in [2.45, 2.75) is 39.7 Å². The second-order valence-electron chi connectivity index (χ2n) is 4.64. The van der Waals surface area contributed by atoms with Crippen LogP contribution in [0.4, 0.5) is 0 Å². The third-order valence-electron chi connectivity index (χ3n) is 3.15. The normalized spacial score (nSPS) is 11.2. The average molecular weight is 323 g/mol. The molecule has 1 rings (SSSR count). The molecule has 0 aliphatic heterocycles. The molecule has 0 saturated heterocycles. The van der Waals surface area contributed by atoms with Crippen LogP contribution < -0.4 is 4.74 Å². The summed E-state index contributed by atoms with van der Waals surface area (Å²) >= 11 is 0. The Morgan fingerprint density at radius 1 is 1.00 bits per heavy atom. The quantitative estimate of drug-likeness (QED) is 0.460. The van der Waals surface area contributed by atoms with Gasteiger partial charge in [-0.2, -0.15) is 0 Å². The predicted octanol–water partition coefficient (Wildman–Crippen LogP) is 3.53. The minimum absolute atomic E-state index is 0.584. The van der Waals surface area contributed by atoms with Gasteiger partial charge in [0.1, 0.15) is 5.75 Å². The van der Waals surface area contributed by atoms with Crippen LogP contribution in [-0.2, 0) is 19.7 Å². The zero-order chi connectivity index (χ0) is 16.3. The van der Waals surface area contributed by atoms with Gasteiger partial charge in [-0.05, 0) is 45.2 Å². The maximum absolute atomic E-state index is 8.68. The Morgan fingerprint density at radius 2 is 1.59 bits per heavy atom. The molecule has 0 spiro atoms. The molecule has 0 heterocycles. The predicted molar refractivity (Wildman–Crippen MR) is 86.4 cm³/mol. The first-order valence-electron chi connectivity index (χ1n) is 7.77. The van der Waals surface area contributed by atoms with Crippen LogP contribution in [0.3, 0.4) is 0 Å². The van der Waals surface area contributed by atoms with E-state index in [0.717, 1.165) is 24.4 Å². The summed E-state index contributed by atoms with van der Waals surface area (Å²) in [6.07, 6.45) is 3.38. The van der Waals surface area contributed by atoms with Crippen LogP contribution >= 0.6 is 0 Å². The van der Waals surface area contributed by atoms with Gasteiger partial charge in [0.2, 0.25) is 0 Å². The largest absolute Gasteiger partial charge is 0.500 e. The molecule has 0 unspecified atom stereocenters. The van der Waals surface area contributed by atoms with Gasteiger partial charge >= 0.3 is 8.80 Å². The van der Waals surface area contributed by atoms with Crippen LogP contribution in [-0.4, -0.2) is 28.6 Å². The monoisotopic (exact) mass is 323 g/mol. The second-order valence-corrected chi connectivity index (χ2v) is 7.37. The smallest absolute Gasteiger partial charge is 0.388 e. The highest BCUT2D eigenvalue weighted by molar-refractivity contribution is 6.60. The Morgan fingerprint density at radius 3 is 2.14 bits per heavy atom. The Labute approximate surface area is 134 Å². The van der Waals surface area contributed by atoms with Crippen LogP contribution in [0, 0.1) is 11.5 Å². The van der Waals surface area contributed by atoms with E-state index >= 15 is 0 Å². The Kier molecular flexibility index (Phi) is 8.78. The summed E-state index contributed by atoms with van der Waals surface area (Å²) in [4.78, 5) is 0. The van der Waals surface area contributed by atoms with Crippen LogP contribution in [0.1, 0.15) is 32.8 Å². The summed E-state index contributed by atoms with van der Waals surface area (Å²) in [6, 6.07) is 8.33. The number of nitrogens with zero attached hydrogens (tertiary/aromatic N) is 1. The van der Waals surface area contributed by atoms with Crippen molar-refractivity contribution in [3.05, 3.63) is 29.8 Å². The van der Waals surface area contributed by atoms with Gasteiger partial charge in [-0.15, -0.1) is 5.26 Å². The van der Waals surface area contributed by atoms with Crippen molar-refractivity contribution < 1.29 is 18.0 Å². The lowest BCUT2D eigenvalue weighted by atomic mass is 10.1. The minimum atomic E-state index is -2.59. The Balaban J connectivity index is 2.67. The van der Waals surface area contributed by atoms with E-state index in [4.69, 9.17) is 23.3 Å². The number of benzene rings is 1. The van der Waals surface area contributed by atoms with Crippen molar-refractivity contribution in [3.8, 4) is 12.0 Å². The highest BCUT2D eigenvalue weighted by atomic mass is 28.4. The molecule has 22 heavy (non-hydrogen) atoms. The van der Waals surface area contributed by atoms with E-state index < -0.39 is 8.80 Å². The highest BCUT2D eigenvalue weighted by Crippen LogP contribution is 2.24. The molecular weight excluding hydrogens is 298 g/mol. The SMILES string of the molecule is CCO[Si](CCCc1ccccc1OC#N)(OCC)OCC. The maximum atomic E-state index is 8.68. The molecule has 0 aromatic heterocycles. The van der Waals surface area contributed by atoms with Crippen molar-refractivity contribution in [1.29, 1.82) is 5.26 Å². The highest BCUT2D eigenvalue weighted by Gasteiger charge is 2.39. The molecule has 0 N–H and O–H groups in total. The van der Waals surface area contributed by atoms with Gasteiger partial charge < -0.3 is 18.0 Å². The van der Waals surface area contributed by atoms with E-state index in [1.807, 2.05) is 39.0 Å². The van der Waals surface area contributed by atoms with Gasteiger partial charge in [-0.3, -0.25) is 0 Å². The summed E-state index contributed by atoms with van der Waals surface area (Å²) in [5.74, 6) is 0.612. The molecule has 1 aromatic carbocycles. The second kappa shape index (κ2) is 10.4. The van der Waals surface area contributed by atoms with E-state index in [1.165, 1.54) is 0 Å². The summed E-state index contributed by atoms with van der Waals surface area (Å²) in [7, 11) is -2.59. The minimum Gasteiger partial charge on any atom is -0.388 e. The molecule has 0 amide bonds. The molecule has 1 aromatic rings. The lowest BCUT2D eigenvalue weighted by molar-refractivity contribution is 0.0708. The molecule has 0 saturated carbocycles. The summed E-state index contributed by atoms with van der Waals surface area (Å²) in [5.41, 5.74) is 1.01. The average Bonchev–Trinajstić information content (AvgIpc) is 2.50. The molecule has 0 aliphatic carbocycles. The van der Waals surface area contributed by atoms with Gasteiger partial charge in [0.25, 0.3) is 6.26 Å². The fourth-order valence-corrected chi connectivity index (χ4v) is 4.97. The van der Waals surface area contributed by atoms with Gasteiger partial charge in [-0.25, -0.2) is 0 Å². The molecule has 0 radical (unpaired) electrons. The van der Waals surface area contributed by atoms with Gasteiger partial charge in [0.05, 0.1) is 0 Å². The van der Waals surface area contributed by atoms with E-state index in [-0.39, 0.29) is 0 Å². The van der Waals surface area contributed by atoms with Gasteiger partial charge in [0.15, 0.2) is 0 Å². The first-order chi connectivity index (χ1) is 10.7. The fraction of sp³-hybridized carbons (Fsp3) is 0.562. The third-order valence-corrected chi connectivity index (χ3v) is 6.30. The van der Waals surface area contributed by atoms with Crippen molar-refractivity contribution in [2.24, 2.45) is 0 Å². The number of ether oxygens (including phenoxy) is 1. The van der Waals surface area contributed by atoms with Crippen LogP contribution in [0.2, 0.25) is 6.04 Å². The zero-order valence-corrected chi connectivity index (χ0v) is 14.6. The van der Waals surface area contributed by atoms with Gasteiger partial charge in [0, 0.05) is 25.9 Å². The number of aryl methyl sites for hydroxylation is 1. The molecule has 0 fully saturated rings. The topological polar surface area (TPSA) is 60.7 Å². The Hall–Kier alpha value is -1.39. The molecule has 6 heteroatoms. The molecule has 122 valence electrons. The van der Waals surface area contributed by atoms with Crippen LogP contribution in [0.25, 0.3) is 0 Å². The fourth-order valence-electron chi connectivity index (χ4n) is 2.36. The molecule has 0 atom stereocenters. The van der Waals surface area contributed by atoms with Crippen molar-refractivity contribution in [3.63, 3.8) is 0 Å². The number of hydrogen-bond acceptors (Lipinski definition) is 5. The third kappa shape index (κ3) is 5.77. The van der Waals surface area contributed by atoms with Crippen molar-refractivity contribution in [2.75, 3.05) is 19.8 Å². The van der Waals surface area contributed by atoms with Gasteiger partial charge in [-0.1, -0.05) is 18.2 Å². The number of para-hydroxylation sites is 1. The molecule has 0 bridgehead atoms. The summed E-state index contributed by atoms with van der Waals surface area (Å²) < 4.78 is 22.5. The van der Waals surface area contributed by atoms with Crippen molar-refractivity contribution in [1.82, 2.24) is 0 Å². The summed E-state index contributed by atoms with van der Waals surface area (Å²) in [6.45, 7) is 7.61.